The number of hydrogen-bond acceptors (Lipinski definition) is 2. The molecule has 6 heteroatoms. The topological polar surface area (TPSA) is 98.4 Å². The van der Waals surface area contributed by atoms with E-state index < -0.39 is 0 Å². The van der Waals surface area contributed by atoms with Crippen LogP contribution in [-0.4, -0.2) is 5.96 Å². The number of nitrogens with two attached hydrogens (primary N) is 2. The Bertz CT molecular complexity index is 46.0. The van der Waals surface area contributed by atoms with E-state index in [1.807, 2.05) is 10.9 Å². The number of nitrogens with one attached hydrogen (secondary N) is 2. The van der Waals surface area contributed by atoms with Crippen LogP contribution in [0.2, 0.25) is 0 Å². The van der Waals surface area contributed by atoms with Gasteiger partial charge < -0.3 is 16.3 Å². The fraction of sp³-hybridized carbons (Fsp3) is 0. The molecule has 7 heavy (non-hydrogen) atoms. The van der Waals surface area contributed by atoms with Crippen LogP contribution in [0.3, 0.4) is 0 Å². The van der Waals surface area contributed by atoms with E-state index in [2.05, 4.69) is 11.7 Å². The van der Waals surface area contributed by atoms with Crippen LogP contribution in [-0.2, 0) is 32.7 Å². The molecule has 6 N–H and O–H groups in total. The molecule has 0 aliphatic carbocycles. The van der Waals surface area contributed by atoms with Crippen molar-refractivity contribution < 1.29 is 32.7 Å². The summed E-state index contributed by atoms with van der Waals surface area (Å²) in [6.45, 7) is 0. The van der Waals surface area contributed by atoms with Crippen molar-refractivity contribution in [3.63, 3.8) is 0 Å². The number of rotatable bonds is 0. The molecule has 0 aliphatic heterocycles. The van der Waals surface area contributed by atoms with Crippen molar-refractivity contribution in [3.05, 3.63) is 5.41 Å². The quantitative estimate of drug-likeness (QED) is 0.146. The van der Waals surface area contributed by atoms with Crippen molar-refractivity contribution in [2.45, 2.75) is 0 Å². The van der Waals surface area contributed by atoms with Crippen molar-refractivity contribution in [3.8, 4) is 0 Å². The zero-order valence-corrected chi connectivity index (χ0v) is 6.52. The Morgan fingerprint density at radius 2 is 1.57 bits per heavy atom. The first-order valence-corrected chi connectivity index (χ1v) is 1.30. The molecule has 36 valence electrons. The van der Waals surface area contributed by atoms with Gasteiger partial charge in [0.15, 0.2) is 0 Å². The van der Waals surface area contributed by atoms with Gasteiger partial charge in [-0.3, -0.25) is 11.7 Å². The molecule has 0 atom stereocenters. The summed E-state index contributed by atoms with van der Waals surface area (Å²) in [7, 11) is 0. The molecule has 0 aromatic heterocycles. The average molecular weight is 177 g/mol. The third-order valence-corrected chi connectivity index (χ3v) is 0.273. The Hall–Kier alpha value is 0.294. The molecule has 0 spiro atoms. The van der Waals surface area contributed by atoms with Crippen LogP contribution in [0.5, 0.6) is 0 Å². The van der Waals surface area contributed by atoms with Gasteiger partial charge in [0.2, 0.25) is 0 Å². The largest absolute Gasteiger partial charge is 3.00 e. The van der Waals surface area contributed by atoms with Gasteiger partial charge in [0.1, 0.15) is 0 Å². The summed E-state index contributed by atoms with van der Waals surface area (Å²) in [4.78, 5) is 0. The second-order valence-corrected chi connectivity index (χ2v) is 0.637. The Kier molecular flexibility index (Phi) is 9.27. The third kappa shape index (κ3) is 6.29. The number of hydrogen-bond donors (Lipinski definition) is 4. The SMILES string of the molecule is [N-]=C(NN)NN.[Y+3]. The van der Waals surface area contributed by atoms with Gasteiger partial charge in [-0.1, -0.05) is 0 Å². The van der Waals surface area contributed by atoms with Gasteiger partial charge in [-0.25, -0.2) is 0 Å². The van der Waals surface area contributed by atoms with Gasteiger partial charge in [-0.15, -0.1) is 0 Å². The summed E-state index contributed by atoms with van der Waals surface area (Å²) in [5, 5.41) is 8.11. The fourth-order valence-corrected chi connectivity index (χ4v) is 0.0417. The van der Waals surface area contributed by atoms with Crippen molar-refractivity contribution >= 4 is 5.96 Å². The molecule has 0 unspecified atom stereocenters. The normalized spacial score (nSPS) is 6.00. The maximum absolute atomic E-state index is 8.11. The molecular weight excluding hydrogens is 171 g/mol. The number of nitrogens with zero attached hydrogens (tertiary/aromatic N) is 1. The number of hydrazine groups is 2. The molecule has 0 aromatic carbocycles. The van der Waals surface area contributed by atoms with Crippen LogP contribution >= 0.6 is 0 Å². The minimum atomic E-state index is -0.352. The summed E-state index contributed by atoms with van der Waals surface area (Å²) >= 11 is 0. The summed E-state index contributed by atoms with van der Waals surface area (Å²) in [5.41, 5.74) is 3.70. The summed E-state index contributed by atoms with van der Waals surface area (Å²) < 4.78 is 0. The van der Waals surface area contributed by atoms with Gasteiger partial charge in [-0.2, -0.15) is 0 Å². The van der Waals surface area contributed by atoms with Crippen LogP contribution in [0.25, 0.3) is 5.41 Å². The minimum absolute atomic E-state index is 0. The zero-order chi connectivity index (χ0) is 4.99. The standard InChI is InChI=1S/CH6N5.Y/c2-1(5-3)6-4;/h3-4H2,(H2-,2,5,6);/q-1;+3. The van der Waals surface area contributed by atoms with Gasteiger partial charge in [0, 0.05) is 5.96 Å². The van der Waals surface area contributed by atoms with E-state index in [0.717, 1.165) is 0 Å². The van der Waals surface area contributed by atoms with Crippen molar-refractivity contribution in [2.24, 2.45) is 11.7 Å². The van der Waals surface area contributed by atoms with Crippen LogP contribution in [0, 0.1) is 0 Å². The molecule has 0 saturated heterocycles. The first kappa shape index (κ1) is 10.3. The Morgan fingerprint density at radius 1 is 1.29 bits per heavy atom. The maximum atomic E-state index is 8.11. The van der Waals surface area contributed by atoms with Crippen LogP contribution in [0.4, 0.5) is 0 Å². The van der Waals surface area contributed by atoms with Crippen molar-refractivity contribution in [2.75, 3.05) is 0 Å². The van der Waals surface area contributed by atoms with Crippen molar-refractivity contribution in [1.29, 1.82) is 0 Å². The minimum Gasteiger partial charge on any atom is -0.387 e. The van der Waals surface area contributed by atoms with E-state index in [1.165, 1.54) is 0 Å². The van der Waals surface area contributed by atoms with E-state index in [4.69, 9.17) is 5.41 Å². The van der Waals surface area contributed by atoms with E-state index >= 15 is 0 Å². The molecule has 5 nitrogen and oxygen atoms in total. The Morgan fingerprint density at radius 3 is 1.57 bits per heavy atom. The van der Waals surface area contributed by atoms with Crippen molar-refractivity contribution in [1.82, 2.24) is 10.9 Å². The van der Waals surface area contributed by atoms with Crippen LogP contribution in [0.15, 0.2) is 0 Å². The molecular formula is CH6N5Y+2. The summed E-state index contributed by atoms with van der Waals surface area (Å²) in [6.07, 6.45) is 0. The van der Waals surface area contributed by atoms with E-state index in [-0.39, 0.29) is 38.7 Å². The molecule has 0 fully saturated rings. The van der Waals surface area contributed by atoms with E-state index in [1.54, 1.807) is 0 Å². The third-order valence-electron chi connectivity index (χ3n) is 0.273. The first-order valence-electron chi connectivity index (χ1n) is 1.30. The molecule has 0 amide bonds. The van der Waals surface area contributed by atoms with Gasteiger partial charge in [0.05, 0.1) is 0 Å². The monoisotopic (exact) mass is 177 g/mol. The van der Waals surface area contributed by atoms with Crippen LogP contribution < -0.4 is 22.5 Å². The Labute approximate surface area is 66.5 Å². The molecule has 0 heterocycles. The predicted octanol–water partition coefficient (Wildman–Crippen LogP) is -2.16. The smallest absolute Gasteiger partial charge is 0.387 e. The maximum Gasteiger partial charge on any atom is 3.00 e. The second-order valence-electron chi connectivity index (χ2n) is 0.637. The first-order chi connectivity index (χ1) is 2.81. The predicted molar refractivity (Wildman–Crippen MR) is 23.0 cm³/mol. The van der Waals surface area contributed by atoms with E-state index in [9.17, 15) is 0 Å². The molecule has 0 saturated carbocycles. The van der Waals surface area contributed by atoms with Gasteiger partial charge in [-0.05, 0) is 0 Å². The fourth-order valence-electron chi connectivity index (χ4n) is 0.0417. The molecule has 0 rings (SSSR count). The molecule has 0 aromatic rings. The van der Waals surface area contributed by atoms with Crippen LogP contribution in [0.1, 0.15) is 0 Å². The van der Waals surface area contributed by atoms with Gasteiger partial charge >= 0.3 is 32.7 Å². The summed E-state index contributed by atoms with van der Waals surface area (Å²) in [6, 6.07) is 0. The molecule has 0 bridgehead atoms. The van der Waals surface area contributed by atoms with E-state index in [0.29, 0.717) is 0 Å². The summed E-state index contributed by atoms with van der Waals surface area (Å²) in [5.74, 6) is 8.85. The van der Waals surface area contributed by atoms with Gasteiger partial charge in [0.25, 0.3) is 0 Å². The second kappa shape index (κ2) is 6.29. The zero-order valence-electron chi connectivity index (χ0n) is 3.68. The Balaban J connectivity index is 0. The molecule has 0 aliphatic rings. The number of guanidine groups is 1. The average Bonchev–Trinajstić information content (AvgIpc) is 1.65. The molecule has 0 radical (unpaired) electrons.